The highest BCUT2D eigenvalue weighted by Gasteiger charge is 2.57. The Morgan fingerprint density at radius 1 is 1.09 bits per heavy atom. The minimum absolute atomic E-state index is 0.00446. The predicted octanol–water partition coefficient (Wildman–Crippen LogP) is 7.83. The van der Waals surface area contributed by atoms with Crippen LogP contribution < -0.4 is 4.74 Å². The molecule has 2 aliphatic rings. The summed E-state index contributed by atoms with van der Waals surface area (Å²) in [7, 11) is 1.47. The Bertz CT molecular complexity index is 1620. The average molecular weight is 704 g/mol. The number of benzene rings is 1. The molecule has 0 saturated carbocycles. The predicted molar refractivity (Wildman–Crippen MR) is 162 cm³/mol. The van der Waals surface area contributed by atoms with Crippen LogP contribution in [0.2, 0.25) is 5.02 Å². The molecule has 2 aromatic heterocycles. The molecule has 1 aromatic carbocycles. The first-order valence-corrected chi connectivity index (χ1v) is 16.2. The molecule has 254 valence electrons. The van der Waals surface area contributed by atoms with Gasteiger partial charge in [-0.1, -0.05) is 31.0 Å². The number of amides is 2. The quantitative estimate of drug-likeness (QED) is 0.224. The minimum atomic E-state index is -4.89. The van der Waals surface area contributed by atoms with Gasteiger partial charge >= 0.3 is 12.4 Å². The van der Waals surface area contributed by atoms with Crippen LogP contribution in [-0.4, -0.2) is 65.0 Å². The van der Waals surface area contributed by atoms with Crippen molar-refractivity contribution in [3.8, 4) is 5.75 Å². The minimum Gasteiger partial charge on any atom is -0.474 e. The number of rotatable bonds is 8. The van der Waals surface area contributed by atoms with Gasteiger partial charge in [0.1, 0.15) is 16.3 Å². The molecule has 47 heavy (non-hydrogen) atoms. The Balaban J connectivity index is 1.64. The van der Waals surface area contributed by atoms with Crippen LogP contribution >= 0.6 is 22.9 Å². The van der Waals surface area contributed by atoms with Gasteiger partial charge in [0.2, 0.25) is 5.60 Å². The molecule has 1 fully saturated rings. The van der Waals surface area contributed by atoms with Crippen molar-refractivity contribution in [1.29, 1.82) is 0 Å². The second kappa shape index (κ2) is 13.6. The van der Waals surface area contributed by atoms with E-state index in [2.05, 4.69) is 4.98 Å². The Kier molecular flexibility index (Phi) is 10.1. The van der Waals surface area contributed by atoms with Crippen molar-refractivity contribution in [3.63, 3.8) is 0 Å². The number of carbonyl (C=O) groups is 2. The van der Waals surface area contributed by atoms with Crippen LogP contribution in [0.4, 0.5) is 26.3 Å². The van der Waals surface area contributed by atoms with E-state index >= 15 is 4.79 Å². The van der Waals surface area contributed by atoms with E-state index in [0.717, 1.165) is 40.9 Å². The molecule has 3 atom stereocenters. The highest BCUT2D eigenvalue weighted by atomic mass is 35.5. The van der Waals surface area contributed by atoms with Gasteiger partial charge in [-0.15, -0.1) is 11.3 Å². The van der Waals surface area contributed by atoms with Gasteiger partial charge in [-0.3, -0.25) is 14.6 Å². The molecule has 0 spiro atoms. The second-order valence-corrected chi connectivity index (χ2v) is 12.9. The fourth-order valence-electron chi connectivity index (χ4n) is 6.58. The largest absolute Gasteiger partial charge is 0.474 e. The van der Waals surface area contributed by atoms with Crippen molar-refractivity contribution >= 4 is 34.8 Å². The van der Waals surface area contributed by atoms with Gasteiger partial charge in [-0.25, -0.2) is 0 Å². The molecule has 1 saturated heterocycles. The SMILES string of the molecule is CCC[C@H]1N(C(=O)c2ncccc2C(F)(F)F)CCC[C@@]1(Oc1csc(C(F)(F)F)c1)C(=O)N1CCc2cc(Cl)ccc2C1COC. The van der Waals surface area contributed by atoms with E-state index in [1.165, 1.54) is 16.9 Å². The highest BCUT2D eigenvalue weighted by molar-refractivity contribution is 7.10. The Labute approximate surface area is 276 Å². The van der Waals surface area contributed by atoms with E-state index in [1.807, 2.05) is 0 Å². The van der Waals surface area contributed by atoms with Crippen molar-refractivity contribution in [2.75, 3.05) is 26.8 Å². The third-order valence-corrected chi connectivity index (χ3v) is 9.75. The summed E-state index contributed by atoms with van der Waals surface area (Å²) in [5.74, 6) is -1.88. The van der Waals surface area contributed by atoms with E-state index in [4.69, 9.17) is 21.1 Å². The summed E-state index contributed by atoms with van der Waals surface area (Å²) in [5, 5.41) is 1.65. The standard InChI is InChI=1S/C32H32ClF6N3O4S/c1-3-6-25-30(46-21-16-26(47-18-21)32(37,38)39,11-5-13-42(25)28(43)27-23(31(34,35)36)7-4-12-40-27)29(44)41-14-10-19-15-20(33)8-9-22(19)24(41)17-45-2/h4,7-9,12,15-16,18,24-25H,3,5-6,10-11,13-14,17H2,1-2H3/t24?,25-,30+/m1/s1. The van der Waals surface area contributed by atoms with E-state index in [9.17, 15) is 31.1 Å². The van der Waals surface area contributed by atoms with Crippen LogP contribution in [0.1, 0.15) is 70.7 Å². The van der Waals surface area contributed by atoms with Gasteiger partial charge in [-0.05, 0) is 54.7 Å². The number of aromatic nitrogens is 1. The first kappa shape index (κ1) is 35.0. The van der Waals surface area contributed by atoms with Gasteiger partial charge in [-0.2, -0.15) is 26.3 Å². The maximum absolute atomic E-state index is 15.0. The van der Waals surface area contributed by atoms with Crippen LogP contribution in [0.15, 0.2) is 48.0 Å². The summed E-state index contributed by atoms with van der Waals surface area (Å²) in [6, 6.07) is 6.10. The Morgan fingerprint density at radius 3 is 2.51 bits per heavy atom. The zero-order valence-electron chi connectivity index (χ0n) is 25.5. The van der Waals surface area contributed by atoms with Crippen LogP contribution in [0.3, 0.4) is 0 Å². The third-order valence-electron chi connectivity index (χ3n) is 8.56. The van der Waals surface area contributed by atoms with Gasteiger partial charge in [0.15, 0.2) is 0 Å². The molecule has 5 rings (SSSR count). The highest BCUT2D eigenvalue weighted by Crippen LogP contribution is 2.44. The zero-order valence-corrected chi connectivity index (χ0v) is 27.0. The van der Waals surface area contributed by atoms with Crippen LogP contribution in [0, 0.1) is 0 Å². The number of pyridine rings is 1. The summed E-state index contributed by atoms with van der Waals surface area (Å²) in [5.41, 5.74) is -2.36. The molecular formula is C32H32ClF6N3O4S. The lowest BCUT2D eigenvalue weighted by Crippen LogP contribution is -2.68. The molecule has 0 radical (unpaired) electrons. The Hall–Kier alpha value is -3.36. The molecule has 7 nitrogen and oxygen atoms in total. The monoisotopic (exact) mass is 703 g/mol. The smallest absolute Gasteiger partial charge is 0.425 e. The number of alkyl halides is 6. The maximum atomic E-state index is 15.0. The van der Waals surface area contributed by atoms with E-state index in [-0.39, 0.29) is 44.7 Å². The number of piperidine rings is 1. The first-order chi connectivity index (χ1) is 22.2. The van der Waals surface area contributed by atoms with E-state index in [1.54, 1.807) is 25.1 Å². The van der Waals surface area contributed by atoms with Crippen LogP contribution in [0.5, 0.6) is 5.75 Å². The van der Waals surface area contributed by atoms with Gasteiger partial charge in [0.05, 0.1) is 24.3 Å². The van der Waals surface area contributed by atoms with E-state index in [0.29, 0.717) is 29.2 Å². The van der Waals surface area contributed by atoms with Crippen molar-refractivity contribution in [3.05, 3.63) is 80.3 Å². The Morgan fingerprint density at radius 2 is 1.85 bits per heavy atom. The number of fused-ring (bicyclic) bond motifs is 1. The molecule has 1 unspecified atom stereocenters. The zero-order chi connectivity index (χ0) is 34.1. The number of hydrogen-bond donors (Lipinski definition) is 0. The molecule has 3 aromatic rings. The topological polar surface area (TPSA) is 72.0 Å². The summed E-state index contributed by atoms with van der Waals surface area (Å²) in [6.07, 6.45) is -7.48. The number of methoxy groups -OCH3 is 1. The molecular weight excluding hydrogens is 672 g/mol. The van der Waals surface area contributed by atoms with Crippen LogP contribution in [-0.2, 0) is 28.3 Å². The molecule has 2 amide bonds. The van der Waals surface area contributed by atoms with Crippen molar-refractivity contribution in [2.24, 2.45) is 0 Å². The second-order valence-electron chi connectivity index (χ2n) is 11.5. The lowest BCUT2D eigenvalue weighted by Gasteiger charge is -2.51. The summed E-state index contributed by atoms with van der Waals surface area (Å²) in [4.78, 5) is 34.6. The number of nitrogens with zero attached hydrogens (tertiary/aromatic N) is 3. The van der Waals surface area contributed by atoms with Crippen molar-refractivity contribution < 1.29 is 45.4 Å². The fraction of sp³-hybridized carbons (Fsp3) is 0.469. The van der Waals surface area contributed by atoms with Crippen LogP contribution in [0.25, 0.3) is 0 Å². The summed E-state index contributed by atoms with van der Waals surface area (Å²) >= 11 is 6.63. The molecule has 0 bridgehead atoms. The fourth-order valence-corrected chi connectivity index (χ4v) is 7.45. The summed E-state index contributed by atoms with van der Waals surface area (Å²) < 4.78 is 94.7. The van der Waals surface area contributed by atoms with Gasteiger partial charge in [0, 0.05) is 49.3 Å². The molecule has 0 N–H and O–H groups in total. The van der Waals surface area contributed by atoms with Crippen molar-refractivity contribution in [1.82, 2.24) is 14.8 Å². The molecule has 2 aliphatic heterocycles. The number of hydrogen-bond acceptors (Lipinski definition) is 6. The normalized spacial score (nSPS) is 21.8. The number of carbonyl (C=O) groups excluding carboxylic acids is 2. The lowest BCUT2D eigenvalue weighted by atomic mass is 9.78. The number of ether oxygens (including phenoxy) is 2. The molecule has 15 heteroatoms. The average Bonchev–Trinajstić information content (AvgIpc) is 3.50. The van der Waals surface area contributed by atoms with E-state index < -0.39 is 58.0 Å². The number of halogens is 7. The van der Waals surface area contributed by atoms with Crippen molar-refractivity contribution in [2.45, 2.75) is 69.1 Å². The lowest BCUT2D eigenvalue weighted by molar-refractivity contribution is -0.163. The summed E-state index contributed by atoms with van der Waals surface area (Å²) in [6.45, 7) is 2.00. The first-order valence-electron chi connectivity index (χ1n) is 15.0. The maximum Gasteiger partial charge on any atom is 0.425 e. The number of likely N-dealkylation sites (tertiary alicyclic amines) is 1. The third kappa shape index (κ3) is 6.95. The molecule has 4 heterocycles. The number of thiophene rings is 1. The van der Waals surface area contributed by atoms with Gasteiger partial charge < -0.3 is 19.3 Å². The van der Waals surface area contributed by atoms with Gasteiger partial charge in [0.25, 0.3) is 11.8 Å². The molecule has 0 aliphatic carbocycles.